The first-order valence-electron chi connectivity index (χ1n) is 3.68. The molecular weight excluding hydrogens is 249 g/mol. The SMILES string of the molecule is CC(N)CCC(C)S[CH2][Sn]. The molecule has 0 amide bonds. The van der Waals surface area contributed by atoms with E-state index in [9.17, 15) is 0 Å². The summed E-state index contributed by atoms with van der Waals surface area (Å²) in [5.41, 5.74) is 5.63. The van der Waals surface area contributed by atoms with E-state index in [1.54, 1.807) is 22.5 Å². The predicted octanol–water partition coefficient (Wildman–Crippen LogP) is 1.36. The third-order valence-electron chi connectivity index (χ3n) is 1.40. The van der Waals surface area contributed by atoms with Crippen molar-refractivity contribution in [3.8, 4) is 0 Å². The van der Waals surface area contributed by atoms with Gasteiger partial charge in [0.15, 0.2) is 0 Å². The first-order chi connectivity index (χ1) is 4.66. The molecule has 0 aromatic heterocycles. The van der Waals surface area contributed by atoms with Gasteiger partial charge in [-0.25, -0.2) is 0 Å². The fourth-order valence-corrected chi connectivity index (χ4v) is 3.75. The number of rotatable bonds is 5. The molecule has 0 fully saturated rings. The Balaban J connectivity index is 3.12. The Morgan fingerprint density at radius 1 is 1.40 bits per heavy atom. The summed E-state index contributed by atoms with van der Waals surface area (Å²) in [5.74, 6) is 0. The van der Waals surface area contributed by atoms with Crippen molar-refractivity contribution in [3.63, 3.8) is 0 Å². The Morgan fingerprint density at radius 2 is 2.00 bits per heavy atom. The third-order valence-corrected chi connectivity index (χ3v) is 3.79. The van der Waals surface area contributed by atoms with Crippen LogP contribution in [0.25, 0.3) is 0 Å². The van der Waals surface area contributed by atoms with Gasteiger partial charge in [0, 0.05) is 0 Å². The van der Waals surface area contributed by atoms with E-state index >= 15 is 0 Å². The minimum absolute atomic E-state index is 0.382. The normalized spacial score (nSPS) is 16.8. The van der Waals surface area contributed by atoms with Crippen molar-refractivity contribution < 1.29 is 0 Å². The molecule has 0 aromatic rings. The van der Waals surface area contributed by atoms with Crippen LogP contribution in [-0.4, -0.2) is 37.6 Å². The molecule has 0 bridgehead atoms. The van der Waals surface area contributed by atoms with E-state index in [1.807, 2.05) is 0 Å². The molecule has 2 N–H and O–H groups in total. The van der Waals surface area contributed by atoms with Crippen molar-refractivity contribution in [2.24, 2.45) is 5.73 Å². The fourth-order valence-electron chi connectivity index (χ4n) is 0.723. The molecule has 2 atom stereocenters. The average molecular weight is 265 g/mol. The van der Waals surface area contributed by atoms with Crippen LogP contribution in [0.4, 0.5) is 0 Å². The summed E-state index contributed by atoms with van der Waals surface area (Å²) in [6, 6.07) is 0.382. The van der Waals surface area contributed by atoms with Crippen LogP contribution < -0.4 is 5.73 Å². The van der Waals surface area contributed by atoms with Crippen LogP contribution in [0.1, 0.15) is 26.7 Å². The molecule has 3 heteroatoms. The quantitative estimate of drug-likeness (QED) is 0.759. The average Bonchev–Trinajstić information content (AvgIpc) is 1.85. The molecule has 0 aromatic carbocycles. The summed E-state index contributed by atoms with van der Waals surface area (Å²) in [6.07, 6.45) is 2.45. The van der Waals surface area contributed by atoms with Crippen LogP contribution >= 0.6 is 11.8 Å². The van der Waals surface area contributed by atoms with Crippen LogP contribution in [-0.2, 0) is 0 Å². The Kier molecular flexibility index (Phi) is 7.55. The fraction of sp³-hybridized carbons (Fsp3) is 1.00. The first-order valence-corrected chi connectivity index (χ1v) is 6.75. The van der Waals surface area contributed by atoms with E-state index in [0.29, 0.717) is 6.04 Å². The van der Waals surface area contributed by atoms with Crippen molar-refractivity contribution in [1.29, 1.82) is 0 Å². The number of hydrogen-bond donors (Lipinski definition) is 1. The van der Waals surface area contributed by atoms with E-state index in [0.717, 1.165) is 5.25 Å². The monoisotopic (exact) mass is 266 g/mol. The second-order valence-corrected chi connectivity index (χ2v) is 6.57. The first kappa shape index (κ1) is 11.1. The summed E-state index contributed by atoms with van der Waals surface area (Å²) in [7, 11) is 0. The third kappa shape index (κ3) is 7.22. The van der Waals surface area contributed by atoms with Gasteiger partial charge in [-0.15, -0.1) is 0 Å². The van der Waals surface area contributed by atoms with Gasteiger partial charge in [0.05, 0.1) is 0 Å². The molecule has 0 aliphatic heterocycles. The van der Waals surface area contributed by atoms with E-state index in [-0.39, 0.29) is 0 Å². The van der Waals surface area contributed by atoms with Crippen LogP contribution in [0.2, 0.25) is 0 Å². The van der Waals surface area contributed by atoms with Crippen LogP contribution in [0.3, 0.4) is 0 Å². The Hall–Kier alpha value is 1.11. The van der Waals surface area contributed by atoms with Gasteiger partial charge < -0.3 is 0 Å². The van der Waals surface area contributed by atoms with Crippen LogP contribution in [0.5, 0.6) is 0 Å². The summed E-state index contributed by atoms with van der Waals surface area (Å²) in [4.78, 5) is 0. The summed E-state index contributed by atoms with van der Waals surface area (Å²) < 4.78 is 1.31. The zero-order valence-electron chi connectivity index (χ0n) is 6.76. The molecule has 0 rings (SSSR count). The maximum atomic E-state index is 5.63. The zero-order chi connectivity index (χ0) is 7.98. The van der Waals surface area contributed by atoms with Gasteiger partial charge in [-0.05, 0) is 0 Å². The van der Waals surface area contributed by atoms with Gasteiger partial charge in [-0.3, -0.25) is 0 Å². The van der Waals surface area contributed by atoms with Gasteiger partial charge in [0.25, 0.3) is 0 Å². The van der Waals surface area contributed by atoms with Crippen molar-refractivity contribution >= 4 is 34.3 Å². The number of thioether (sulfide) groups is 1. The molecule has 1 nitrogen and oxygen atoms in total. The summed E-state index contributed by atoms with van der Waals surface area (Å²) in [5, 5.41) is 0.810. The van der Waals surface area contributed by atoms with E-state index < -0.39 is 0 Å². The molecule has 2 unspecified atom stereocenters. The standard InChI is InChI=1S/C7H16NS.Sn/c1-6(8)4-5-7(2)9-3;/h6-7H,3-5,8H2,1-2H3;. The zero-order valence-corrected chi connectivity index (χ0v) is 10.4. The van der Waals surface area contributed by atoms with E-state index in [2.05, 4.69) is 25.6 Å². The molecule has 0 spiro atoms. The van der Waals surface area contributed by atoms with Crippen molar-refractivity contribution in [2.75, 3.05) is 3.77 Å². The molecule has 0 saturated carbocycles. The van der Waals surface area contributed by atoms with Crippen molar-refractivity contribution in [2.45, 2.75) is 38.0 Å². The van der Waals surface area contributed by atoms with Gasteiger partial charge in [-0.2, -0.15) is 0 Å². The molecule has 0 heterocycles. The number of hydrogen-bond acceptors (Lipinski definition) is 2. The Labute approximate surface area is 81.6 Å². The van der Waals surface area contributed by atoms with Crippen molar-refractivity contribution in [1.82, 2.24) is 0 Å². The number of nitrogens with two attached hydrogens (primary N) is 1. The van der Waals surface area contributed by atoms with Gasteiger partial charge in [0.2, 0.25) is 0 Å². The van der Waals surface area contributed by atoms with Gasteiger partial charge in [-0.1, -0.05) is 0 Å². The maximum absolute atomic E-state index is 5.63. The molecule has 0 saturated heterocycles. The Bertz CT molecular complexity index is 78.0. The molecular formula is C7H16NSSn. The van der Waals surface area contributed by atoms with Crippen molar-refractivity contribution in [3.05, 3.63) is 0 Å². The van der Waals surface area contributed by atoms with Gasteiger partial charge in [0.1, 0.15) is 0 Å². The predicted molar refractivity (Wildman–Crippen MR) is 50.6 cm³/mol. The molecule has 10 heavy (non-hydrogen) atoms. The Morgan fingerprint density at radius 3 is 2.40 bits per heavy atom. The van der Waals surface area contributed by atoms with Crippen LogP contribution in [0, 0.1) is 0 Å². The second kappa shape index (κ2) is 6.80. The van der Waals surface area contributed by atoms with E-state index in [4.69, 9.17) is 5.73 Å². The molecule has 0 aliphatic carbocycles. The molecule has 0 aliphatic rings. The molecule has 59 valence electrons. The second-order valence-electron chi connectivity index (χ2n) is 2.68. The topological polar surface area (TPSA) is 26.0 Å². The van der Waals surface area contributed by atoms with Gasteiger partial charge >= 0.3 is 81.8 Å². The minimum atomic E-state index is 0.382. The van der Waals surface area contributed by atoms with Crippen LogP contribution in [0.15, 0.2) is 0 Å². The van der Waals surface area contributed by atoms with E-state index in [1.165, 1.54) is 16.6 Å². The summed E-state index contributed by atoms with van der Waals surface area (Å²) in [6.45, 7) is 4.37. The summed E-state index contributed by atoms with van der Waals surface area (Å²) >= 11 is 3.69. The molecule has 3 radical (unpaired) electrons.